The molecule has 0 spiro atoms. The summed E-state index contributed by atoms with van der Waals surface area (Å²) in [5.41, 5.74) is 10.4. The van der Waals surface area contributed by atoms with Crippen LogP contribution >= 0.6 is 0 Å². The Kier molecular flexibility index (Phi) is 4.29. The van der Waals surface area contributed by atoms with Crippen molar-refractivity contribution in [1.29, 1.82) is 0 Å². The van der Waals surface area contributed by atoms with Gasteiger partial charge in [0.05, 0.1) is 6.20 Å². The van der Waals surface area contributed by atoms with Crippen molar-refractivity contribution in [3.05, 3.63) is 53.3 Å². The van der Waals surface area contributed by atoms with Gasteiger partial charge in [0.1, 0.15) is 0 Å². The van der Waals surface area contributed by atoms with E-state index in [-0.39, 0.29) is 11.5 Å². The lowest BCUT2D eigenvalue weighted by Crippen LogP contribution is -2.20. The highest BCUT2D eigenvalue weighted by Gasteiger charge is 2.20. The molecule has 20 heavy (non-hydrogen) atoms. The summed E-state index contributed by atoms with van der Waals surface area (Å²) in [6, 6.07) is 8.60. The van der Waals surface area contributed by atoms with Crippen LogP contribution in [0, 0.1) is 0 Å². The van der Waals surface area contributed by atoms with Crippen LogP contribution in [0.25, 0.3) is 0 Å². The molecule has 0 saturated heterocycles. The minimum atomic E-state index is 0.0747. The number of aromatic nitrogens is 2. The number of hydrogen-bond donors (Lipinski definition) is 1. The Morgan fingerprint density at radius 3 is 2.55 bits per heavy atom. The Labute approximate surface area is 121 Å². The first-order valence-electron chi connectivity index (χ1n) is 7.20. The maximum absolute atomic E-state index is 6.42. The first-order chi connectivity index (χ1) is 9.38. The van der Waals surface area contributed by atoms with E-state index >= 15 is 0 Å². The summed E-state index contributed by atoms with van der Waals surface area (Å²) >= 11 is 0. The number of nitrogens with two attached hydrogens (primary N) is 1. The Balaban J connectivity index is 2.11. The topological polar surface area (TPSA) is 43.8 Å². The molecule has 0 radical (unpaired) electrons. The number of hydrogen-bond acceptors (Lipinski definition) is 2. The van der Waals surface area contributed by atoms with Crippen molar-refractivity contribution in [3.63, 3.8) is 0 Å². The molecule has 0 aliphatic carbocycles. The van der Waals surface area contributed by atoms with Crippen LogP contribution in [0.5, 0.6) is 0 Å². The van der Waals surface area contributed by atoms with Crippen LogP contribution in [0.1, 0.15) is 49.9 Å². The quantitative estimate of drug-likeness (QED) is 0.926. The first kappa shape index (κ1) is 14.8. The fourth-order valence-corrected chi connectivity index (χ4v) is 2.58. The third-order valence-corrected chi connectivity index (χ3v) is 3.67. The average molecular weight is 271 g/mol. The highest BCUT2D eigenvalue weighted by Crippen LogP contribution is 2.30. The van der Waals surface area contributed by atoms with E-state index < -0.39 is 0 Å². The van der Waals surface area contributed by atoms with Crippen LogP contribution in [0.3, 0.4) is 0 Å². The van der Waals surface area contributed by atoms with Gasteiger partial charge >= 0.3 is 0 Å². The van der Waals surface area contributed by atoms with E-state index in [0.29, 0.717) is 0 Å². The molecule has 108 valence electrons. The lowest BCUT2D eigenvalue weighted by molar-refractivity contribution is 0.560. The second kappa shape index (κ2) is 5.80. The van der Waals surface area contributed by atoms with Crippen LogP contribution in [-0.2, 0) is 18.9 Å². The third-order valence-electron chi connectivity index (χ3n) is 3.67. The van der Waals surface area contributed by atoms with Gasteiger partial charge in [-0.25, -0.2) is 0 Å². The number of aryl methyl sites for hydroxylation is 2. The molecule has 0 aliphatic rings. The molecule has 0 aliphatic heterocycles. The summed E-state index contributed by atoms with van der Waals surface area (Å²) in [5.74, 6) is 0. The predicted octanol–water partition coefficient (Wildman–Crippen LogP) is 3.35. The van der Waals surface area contributed by atoms with E-state index in [1.165, 1.54) is 16.7 Å². The van der Waals surface area contributed by atoms with Gasteiger partial charge in [-0.2, -0.15) is 5.10 Å². The smallest absolute Gasteiger partial charge is 0.0521 e. The molecule has 1 aromatic heterocycles. The van der Waals surface area contributed by atoms with Gasteiger partial charge in [0.2, 0.25) is 0 Å². The van der Waals surface area contributed by atoms with Crippen LogP contribution in [0.4, 0.5) is 0 Å². The van der Waals surface area contributed by atoms with E-state index in [2.05, 4.69) is 56.3 Å². The van der Waals surface area contributed by atoms with E-state index in [1.807, 2.05) is 17.9 Å². The van der Waals surface area contributed by atoms with Gasteiger partial charge in [0, 0.05) is 19.3 Å². The predicted molar refractivity (Wildman–Crippen MR) is 83.6 cm³/mol. The van der Waals surface area contributed by atoms with Gasteiger partial charge < -0.3 is 5.73 Å². The zero-order chi connectivity index (χ0) is 14.8. The molecule has 2 rings (SSSR count). The SMILES string of the molecule is Cn1cc(CCC(N)c2ccccc2C(C)(C)C)cn1. The van der Waals surface area contributed by atoms with Crippen molar-refractivity contribution < 1.29 is 0 Å². The molecule has 0 amide bonds. The zero-order valence-electron chi connectivity index (χ0n) is 12.9. The summed E-state index contributed by atoms with van der Waals surface area (Å²) in [4.78, 5) is 0. The monoisotopic (exact) mass is 271 g/mol. The van der Waals surface area contributed by atoms with Crippen LogP contribution < -0.4 is 5.73 Å². The summed E-state index contributed by atoms with van der Waals surface area (Å²) in [7, 11) is 1.94. The van der Waals surface area contributed by atoms with Crippen LogP contribution in [-0.4, -0.2) is 9.78 Å². The molecule has 0 saturated carbocycles. The molecule has 3 nitrogen and oxygen atoms in total. The van der Waals surface area contributed by atoms with Crippen molar-refractivity contribution in [2.45, 2.75) is 45.1 Å². The second-order valence-corrected chi connectivity index (χ2v) is 6.50. The van der Waals surface area contributed by atoms with Crippen molar-refractivity contribution in [2.24, 2.45) is 12.8 Å². The molecule has 1 unspecified atom stereocenters. The maximum atomic E-state index is 6.42. The first-order valence-corrected chi connectivity index (χ1v) is 7.20. The fraction of sp³-hybridized carbons (Fsp3) is 0.471. The van der Waals surface area contributed by atoms with E-state index in [0.717, 1.165) is 12.8 Å². The van der Waals surface area contributed by atoms with Crippen LogP contribution in [0.15, 0.2) is 36.7 Å². The molecule has 3 heteroatoms. The van der Waals surface area contributed by atoms with Crippen molar-refractivity contribution in [1.82, 2.24) is 9.78 Å². The van der Waals surface area contributed by atoms with Gasteiger partial charge in [-0.15, -0.1) is 0 Å². The van der Waals surface area contributed by atoms with Crippen molar-refractivity contribution in [2.75, 3.05) is 0 Å². The largest absolute Gasteiger partial charge is 0.324 e. The summed E-state index contributed by atoms with van der Waals surface area (Å²) in [6.07, 6.45) is 5.89. The lowest BCUT2D eigenvalue weighted by atomic mass is 9.81. The average Bonchev–Trinajstić information content (AvgIpc) is 2.81. The molecule has 0 bridgehead atoms. The Hall–Kier alpha value is -1.61. The molecular formula is C17H25N3. The normalized spacial score (nSPS) is 13.4. The van der Waals surface area contributed by atoms with Gasteiger partial charge in [0.15, 0.2) is 0 Å². The molecule has 2 aromatic rings. The number of nitrogens with zero attached hydrogens (tertiary/aromatic N) is 2. The standard InChI is InChI=1S/C17H25N3/c1-17(2,3)15-8-6-5-7-14(15)16(18)10-9-13-11-19-20(4)12-13/h5-8,11-12,16H,9-10,18H2,1-4H3. The second-order valence-electron chi connectivity index (χ2n) is 6.50. The number of rotatable bonds is 4. The minimum Gasteiger partial charge on any atom is -0.324 e. The Bertz CT molecular complexity index is 564. The summed E-state index contributed by atoms with van der Waals surface area (Å²) < 4.78 is 1.84. The Morgan fingerprint density at radius 2 is 1.95 bits per heavy atom. The summed E-state index contributed by atoms with van der Waals surface area (Å²) in [6.45, 7) is 6.71. The molecular weight excluding hydrogens is 246 g/mol. The highest BCUT2D eigenvalue weighted by molar-refractivity contribution is 5.35. The molecule has 1 atom stereocenters. The summed E-state index contributed by atoms with van der Waals surface area (Å²) in [5, 5.41) is 4.20. The molecule has 1 aromatic carbocycles. The van der Waals surface area contributed by atoms with Crippen LogP contribution in [0.2, 0.25) is 0 Å². The van der Waals surface area contributed by atoms with E-state index in [4.69, 9.17) is 5.73 Å². The molecule has 1 heterocycles. The lowest BCUT2D eigenvalue weighted by Gasteiger charge is -2.25. The maximum Gasteiger partial charge on any atom is 0.0521 e. The fourth-order valence-electron chi connectivity index (χ4n) is 2.58. The third kappa shape index (κ3) is 3.48. The Morgan fingerprint density at radius 1 is 1.25 bits per heavy atom. The van der Waals surface area contributed by atoms with E-state index in [1.54, 1.807) is 0 Å². The van der Waals surface area contributed by atoms with E-state index in [9.17, 15) is 0 Å². The minimum absolute atomic E-state index is 0.0747. The zero-order valence-corrected chi connectivity index (χ0v) is 12.9. The number of benzene rings is 1. The van der Waals surface area contributed by atoms with Gasteiger partial charge in [0.25, 0.3) is 0 Å². The molecule has 2 N–H and O–H groups in total. The van der Waals surface area contributed by atoms with Gasteiger partial charge in [-0.05, 0) is 34.9 Å². The van der Waals surface area contributed by atoms with Crippen molar-refractivity contribution in [3.8, 4) is 0 Å². The van der Waals surface area contributed by atoms with Gasteiger partial charge in [-0.1, -0.05) is 45.0 Å². The van der Waals surface area contributed by atoms with Crippen molar-refractivity contribution >= 4 is 0 Å². The molecule has 0 fully saturated rings. The highest BCUT2D eigenvalue weighted by atomic mass is 15.2. The van der Waals surface area contributed by atoms with Gasteiger partial charge in [-0.3, -0.25) is 4.68 Å².